The molecule has 0 unspecified atom stereocenters. The third-order valence-corrected chi connectivity index (χ3v) is 9.88. The highest BCUT2D eigenvalue weighted by atomic mass is 16.6. The van der Waals surface area contributed by atoms with E-state index >= 15 is 0 Å². The van der Waals surface area contributed by atoms with Gasteiger partial charge in [-0.2, -0.15) is 0 Å². The zero-order valence-corrected chi connectivity index (χ0v) is 27.5. The van der Waals surface area contributed by atoms with Gasteiger partial charge in [0.15, 0.2) is 6.61 Å². The molecule has 46 heavy (non-hydrogen) atoms. The first-order valence-corrected chi connectivity index (χ1v) is 17.2. The van der Waals surface area contributed by atoms with Crippen LogP contribution in [0.4, 0.5) is 0 Å². The Morgan fingerprint density at radius 1 is 0.804 bits per heavy atom. The minimum atomic E-state index is -0.360. The van der Waals surface area contributed by atoms with E-state index in [9.17, 15) is 9.59 Å². The highest BCUT2D eigenvalue weighted by Crippen LogP contribution is 2.51. The van der Waals surface area contributed by atoms with Crippen molar-refractivity contribution in [2.24, 2.45) is 23.7 Å². The van der Waals surface area contributed by atoms with Crippen LogP contribution in [0.5, 0.6) is 5.75 Å². The lowest BCUT2D eigenvalue weighted by atomic mass is 9.73. The zero-order chi connectivity index (χ0) is 32.1. The average molecular weight is 627 g/mol. The van der Waals surface area contributed by atoms with Crippen LogP contribution in [-0.2, 0) is 49.9 Å². The number of ether oxygens (including phenoxy) is 4. The topological polar surface area (TPSA) is 71.1 Å². The van der Waals surface area contributed by atoms with E-state index in [2.05, 4.69) is 19.9 Å². The summed E-state index contributed by atoms with van der Waals surface area (Å²) in [6.07, 6.45) is 9.36. The largest absolute Gasteiger partial charge is 0.482 e. The number of carbonyl (C=O) groups is 2. The second kappa shape index (κ2) is 17.3. The lowest BCUT2D eigenvalue weighted by molar-refractivity contribution is -0.156. The molecule has 2 aliphatic carbocycles. The van der Waals surface area contributed by atoms with Gasteiger partial charge in [-0.3, -0.25) is 0 Å². The molecule has 6 heteroatoms. The molecule has 0 aromatic heterocycles. The molecule has 0 radical (unpaired) electrons. The summed E-state index contributed by atoms with van der Waals surface area (Å²) >= 11 is 0. The van der Waals surface area contributed by atoms with Crippen molar-refractivity contribution in [3.05, 3.63) is 101 Å². The van der Waals surface area contributed by atoms with Crippen LogP contribution < -0.4 is 4.74 Å². The normalized spacial score (nSPS) is 20.7. The van der Waals surface area contributed by atoms with E-state index in [0.29, 0.717) is 30.3 Å². The summed E-state index contributed by atoms with van der Waals surface area (Å²) in [5, 5.41) is 0. The maximum atomic E-state index is 12.7. The molecule has 5 atom stereocenters. The van der Waals surface area contributed by atoms with E-state index in [1.165, 1.54) is 17.5 Å². The van der Waals surface area contributed by atoms with Gasteiger partial charge in [-0.25, -0.2) is 9.59 Å². The second-order valence-electron chi connectivity index (χ2n) is 13.2. The smallest absolute Gasteiger partial charge is 0.344 e. The fourth-order valence-corrected chi connectivity index (χ4v) is 7.56. The second-order valence-corrected chi connectivity index (χ2v) is 13.2. The van der Waals surface area contributed by atoms with Crippen LogP contribution in [0.15, 0.2) is 78.9 Å². The summed E-state index contributed by atoms with van der Waals surface area (Å²) in [5.74, 6) is 2.59. The first kappa shape index (κ1) is 33.7. The summed E-state index contributed by atoms with van der Waals surface area (Å²) in [5.41, 5.74) is 4.59. The number of unbranched alkanes of at least 4 members (excludes halogenated alkanes) is 2. The zero-order valence-electron chi connectivity index (χ0n) is 27.5. The van der Waals surface area contributed by atoms with Gasteiger partial charge in [0.25, 0.3) is 0 Å². The quantitative estimate of drug-likeness (QED) is 0.111. The molecule has 0 aliphatic heterocycles. The van der Waals surface area contributed by atoms with Gasteiger partial charge in [0, 0.05) is 0 Å². The molecule has 246 valence electrons. The Morgan fingerprint density at radius 2 is 1.54 bits per heavy atom. The fourth-order valence-electron chi connectivity index (χ4n) is 7.56. The Balaban J connectivity index is 1.13. The third kappa shape index (κ3) is 9.68. The van der Waals surface area contributed by atoms with Gasteiger partial charge >= 0.3 is 11.9 Å². The lowest BCUT2D eigenvalue weighted by Crippen LogP contribution is -2.28. The van der Waals surface area contributed by atoms with Gasteiger partial charge in [-0.1, -0.05) is 99.5 Å². The van der Waals surface area contributed by atoms with Gasteiger partial charge in [0.2, 0.25) is 0 Å². The van der Waals surface area contributed by atoms with Crippen LogP contribution in [-0.4, -0.2) is 31.3 Å². The monoisotopic (exact) mass is 626 g/mol. The number of hydrogen-bond donors (Lipinski definition) is 0. The van der Waals surface area contributed by atoms with E-state index in [-0.39, 0.29) is 37.9 Å². The number of benzene rings is 3. The number of rotatable bonds is 17. The molecule has 3 aromatic carbocycles. The number of fused-ring (bicyclic) bond motifs is 2. The van der Waals surface area contributed by atoms with Gasteiger partial charge in [0.05, 0.1) is 6.61 Å². The summed E-state index contributed by atoms with van der Waals surface area (Å²) in [6, 6.07) is 25.8. The molecule has 3 aromatic rings. The number of carbonyl (C=O) groups excluding carboxylic acids is 2. The van der Waals surface area contributed by atoms with Crippen LogP contribution in [0.2, 0.25) is 0 Å². The predicted octanol–water partition coefficient (Wildman–Crippen LogP) is 8.28. The molecule has 2 aliphatic rings. The SMILES string of the molecule is CCCCC[C@@H](CC[C@@H]1[C@H]2Cc3cccc(OCC(=O)OCc4ccccc4)c3C[C@H]2C[C@H]1C)OC(=O)COCc1ccccc1. The molecule has 1 saturated carbocycles. The fraction of sp³-hybridized carbons (Fsp3) is 0.500. The van der Waals surface area contributed by atoms with Crippen LogP contribution in [0.1, 0.15) is 81.0 Å². The molecular formula is C40H50O6. The van der Waals surface area contributed by atoms with E-state index in [1.807, 2.05) is 72.8 Å². The molecule has 6 nitrogen and oxygen atoms in total. The molecule has 0 bridgehead atoms. The van der Waals surface area contributed by atoms with Gasteiger partial charge in [-0.05, 0) is 96.9 Å². The summed E-state index contributed by atoms with van der Waals surface area (Å²) in [4.78, 5) is 25.2. The minimum Gasteiger partial charge on any atom is -0.482 e. The molecule has 0 heterocycles. The first-order chi connectivity index (χ1) is 22.5. The standard InChI is InChI=1S/C40H50O6/c1-3-4-7-18-34(46-40(42)27-43-25-30-13-8-5-9-14-30)20-21-35-29(2)22-33-24-37-32(23-36(33)35)17-12-19-38(37)44-28-39(41)45-26-31-15-10-6-11-16-31/h5-6,8-17,19,29,33-36H,3-4,7,18,20-28H2,1-2H3/t29-,33-,34+,35+,36+/m1/s1. The lowest BCUT2D eigenvalue weighted by Gasteiger charge is -2.33. The Morgan fingerprint density at radius 3 is 2.28 bits per heavy atom. The number of esters is 2. The molecule has 1 fully saturated rings. The maximum Gasteiger partial charge on any atom is 0.344 e. The molecule has 0 spiro atoms. The van der Waals surface area contributed by atoms with Crippen molar-refractivity contribution >= 4 is 11.9 Å². The van der Waals surface area contributed by atoms with Crippen molar-refractivity contribution in [1.82, 2.24) is 0 Å². The molecule has 5 rings (SSSR count). The van der Waals surface area contributed by atoms with Crippen molar-refractivity contribution in [2.75, 3.05) is 13.2 Å². The van der Waals surface area contributed by atoms with Gasteiger partial charge in [-0.15, -0.1) is 0 Å². The van der Waals surface area contributed by atoms with Crippen LogP contribution >= 0.6 is 0 Å². The Hall–Kier alpha value is -3.64. The first-order valence-electron chi connectivity index (χ1n) is 17.2. The Kier molecular flexibility index (Phi) is 12.7. The van der Waals surface area contributed by atoms with Crippen molar-refractivity contribution < 1.29 is 28.5 Å². The third-order valence-electron chi connectivity index (χ3n) is 9.88. The maximum absolute atomic E-state index is 12.7. The summed E-state index contributed by atoms with van der Waals surface area (Å²) < 4.78 is 23.1. The predicted molar refractivity (Wildman–Crippen MR) is 179 cm³/mol. The van der Waals surface area contributed by atoms with Crippen molar-refractivity contribution in [2.45, 2.75) is 91.0 Å². The van der Waals surface area contributed by atoms with Crippen LogP contribution in [0.3, 0.4) is 0 Å². The van der Waals surface area contributed by atoms with Crippen molar-refractivity contribution in [3.8, 4) is 5.75 Å². The minimum absolute atomic E-state index is 0.0182. The highest BCUT2D eigenvalue weighted by molar-refractivity contribution is 5.71. The molecular weight excluding hydrogens is 576 g/mol. The number of hydrogen-bond acceptors (Lipinski definition) is 6. The Bertz CT molecular complexity index is 1370. The average Bonchev–Trinajstić information content (AvgIpc) is 3.38. The van der Waals surface area contributed by atoms with E-state index in [1.54, 1.807) is 0 Å². The molecule has 0 saturated heterocycles. The highest BCUT2D eigenvalue weighted by Gasteiger charge is 2.43. The van der Waals surface area contributed by atoms with E-state index < -0.39 is 0 Å². The molecule has 0 N–H and O–H groups in total. The van der Waals surface area contributed by atoms with Gasteiger partial charge < -0.3 is 18.9 Å². The summed E-state index contributed by atoms with van der Waals surface area (Å²) in [6.45, 7) is 5.14. The van der Waals surface area contributed by atoms with Crippen LogP contribution in [0.25, 0.3) is 0 Å². The van der Waals surface area contributed by atoms with Crippen LogP contribution in [0, 0.1) is 23.7 Å². The van der Waals surface area contributed by atoms with E-state index in [4.69, 9.17) is 18.9 Å². The van der Waals surface area contributed by atoms with E-state index in [0.717, 1.165) is 68.2 Å². The summed E-state index contributed by atoms with van der Waals surface area (Å²) in [7, 11) is 0. The van der Waals surface area contributed by atoms with Crippen molar-refractivity contribution in [1.29, 1.82) is 0 Å². The van der Waals surface area contributed by atoms with Gasteiger partial charge in [0.1, 0.15) is 25.1 Å². The Labute approximate surface area is 274 Å². The molecule has 0 amide bonds. The van der Waals surface area contributed by atoms with Crippen molar-refractivity contribution in [3.63, 3.8) is 0 Å².